The van der Waals surface area contributed by atoms with Crippen molar-refractivity contribution in [3.8, 4) is 5.75 Å². The minimum Gasteiger partial charge on any atom is -0.479 e. The van der Waals surface area contributed by atoms with Gasteiger partial charge in [0.2, 0.25) is 0 Å². The van der Waals surface area contributed by atoms with Crippen LogP contribution in [0.3, 0.4) is 0 Å². The lowest BCUT2D eigenvalue weighted by atomic mass is 10.2. The van der Waals surface area contributed by atoms with E-state index in [1.165, 1.54) is 29.5 Å². The third-order valence-electron chi connectivity index (χ3n) is 3.53. The molecule has 0 saturated heterocycles. The Balaban J connectivity index is 1.87. The monoisotopic (exact) mass is 367 g/mol. The fourth-order valence-corrected chi connectivity index (χ4v) is 4.28. The number of aromatic nitrogens is 1. The van der Waals surface area contributed by atoms with Gasteiger partial charge in [0.1, 0.15) is 5.75 Å². The molecule has 2 aromatic rings. The number of benzene rings is 1. The molecule has 1 aliphatic rings. The largest absolute Gasteiger partial charge is 0.479 e. The number of anilines is 2. The number of rotatable bonds is 4. The molecule has 9 heteroatoms. The summed E-state index contributed by atoms with van der Waals surface area (Å²) in [6.45, 7) is 5.60. The van der Waals surface area contributed by atoms with Crippen LogP contribution in [0, 0.1) is 0 Å². The first-order valence-corrected chi connectivity index (χ1v) is 9.72. The van der Waals surface area contributed by atoms with Gasteiger partial charge in [-0.05, 0) is 31.0 Å². The van der Waals surface area contributed by atoms with Gasteiger partial charge < -0.3 is 10.1 Å². The van der Waals surface area contributed by atoms with E-state index >= 15 is 0 Å². The van der Waals surface area contributed by atoms with Crippen molar-refractivity contribution < 1.29 is 17.9 Å². The Morgan fingerprint density at radius 2 is 2.12 bits per heavy atom. The van der Waals surface area contributed by atoms with Crippen LogP contribution in [0.2, 0.25) is 0 Å². The van der Waals surface area contributed by atoms with Gasteiger partial charge in [-0.15, -0.1) is 11.3 Å². The van der Waals surface area contributed by atoms with Crippen LogP contribution in [0.1, 0.15) is 32.4 Å². The molecule has 0 radical (unpaired) electrons. The second-order valence-corrected chi connectivity index (χ2v) is 8.29. The Hall–Kier alpha value is -2.13. The number of sulfonamides is 1. The van der Waals surface area contributed by atoms with Gasteiger partial charge in [0.05, 0.1) is 16.3 Å². The average Bonchev–Trinajstić information content (AvgIpc) is 2.96. The molecule has 1 unspecified atom stereocenters. The molecule has 128 valence electrons. The first-order chi connectivity index (χ1) is 11.3. The third-order valence-corrected chi connectivity index (χ3v) is 5.77. The molecule has 3 rings (SSSR count). The lowest BCUT2D eigenvalue weighted by molar-refractivity contribution is -0.122. The smallest absolute Gasteiger partial charge is 0.265 e. The highest BCUT2D eigenvalue weighted by Gasteiger charge is 2.26. The van der Waals surface area contributed by atoms with E-state index in [2.05, 4.69) is 15.0 Å². The highest BCUT2D eigenvalue weighted by atomic mass is 32.2. The van der Waals surface area contributed by atoms with E-state index in [0.29, 0.717) is 16.6 Å². The van der Waals surface area contributed by atoms with Crippen LogP contribution in [-0.4, -0.2) is 25.4 Å². The van der Waals surface area contributed by atoms with Crippen molar-refractivity contribution >= 4 is 38.1 Å². The van der Waals surface area contributed by atoms with Gasteiger partial charge in [-0.25, -0.2) is 13.4 Å². The summed E-state index contributed by atoms with van der Waals surface area (Å²) in [7, 11) is -3.80. The summed E-state index contributed by atoms with van der Waals surface area (Å²) in [6.07, 6.45) is -0.608. The number of ether oxygens (including phenoxy) is 1. The zero-order valence-electron chi connectivity index (χ0n) is 13.4. The number of amides is 1. The molecule has 1 amide bonds. The number of carbonyl (C=O) groups is 1. The third kappa shape index (κ3) is 3.22. The van der Waals surface area contributed by atoms with Crippen molar-refractivity contribution in [1.82, 2.24) is 4.98 Å². The molecule has 2 heterocycles. The van der Waals surface area contributed by atoms with E-state index in [-0.39, 0.29) is 16.7 Å². The lowest BCUT2D eigenvalue weighted by Crippen LogP contribution is -2.34. The van der Waals surface area contributed by atoms with Crippen molar-refractivity contribution in [2.75, 3.05) is 10.0 Å². The highest BCUT2D eigenvalue weighted by Crippen LogP contribution is 2.32. The molecule has 2 N–H and O–H groups in total. The minimum absolute atomic E-state index is 0.0287. The Kier molecular flexibility index (Phi) is 4.22. The van der Waals surface area contributed by atoms with E-state index in [0.717, 1.165) is 5.69 Å². The molecule has 0 spiro atoms. The molecule has 1 aliphatic heterocycles. The second-order valence-electron chi connectivity index (χ2n) is 5.75. The van der Waals surface area contributed by atoms with Gasteiger partial charge in [-0.1, -0.05) is 13.8 Å². The van der Waals surface area contributed by atoms with Crippen LogP contribution in [-0.2, 0) is 14.8 Å². The molecule has 24 heavy (non-hydrogen) atoms. The van der Waals surface area contributed by atoms with E-state index < -0.39 is 16.1 Å². The predicted molar refractivity (Wildman–Crippen MR) is 92.2 cm³/mol. The van der Waals surface area contributed by atoms with Gasteiger partial charge in [-0.2, -0.15) is 0 Å². The normalized spacial score (nSPS) is 17.2. The van der Waals surface area contributed by atoms with Crippen LogP contribution >= 0.6 is 11.3 Å². The Labute approximate surface area is 144 Å². The molecular weight excluding hydrogens is 350 g/mol. The van der Waals surface area contributed by atoms with E-state index in [4.69, 9.17) is 4.74 Å². The minimum atomic E-state index is -3.80. The standard InChI is InChI=1S/C15H17N3O4S2/c1-8(2)12-7-23-15(17-12)18-24(20,21)10-4-5-13-11(6-10)16-14(19)9(3)22-13/h4-9H,1-3H3,(H,16,19)(H,17,18). The predicted octanol–water partition coefficient (Wildman–Crippen LogP) is 2.79. The fraction of sp³-hybridized carbons (Fsp3) is 0.333. The topological polar surface area (TPSA) is 97.4 Å². The van der Waals surface area contributed by atoms with Crippen LogP contribution < -0.4 is 14.8 Å². The summed E-state index contributed by atoms with van der Waals surface area (Å²) in [5, 5.41) is 4.77. The Morgan fingerprint density at radius 3 is 2.79 bits per heavy atom. The molecular formula is C15H17N3O4S2. The maximum atomic E-state index is 12.5. The number of hydrogen-bond acceptors (Lipinski definition) is 6. The first kappa shape index (κ1) is 16.7. The van der Waals surface area contributed by atoms with Crippen molar-refractivity contribution in [1.29, 1.82) is 0 Å². The molecule has 1 aromatic carbocycles. The number of nitrogens with zero attached hydrogens (tertiary/aromatic N) is 1. The molecule has 0 saturated carbocycles. The molecule has 0 bridgehead atoms. The summed E-state index contributed by atoms with van der Waals surface area (Å²) in [6, 6.07) is 4.34. The van der Waals surface area contributed by atoms with E-state index in [1.807, 2.05) is 19.2 Å². The quantitative estimate of drug-likeness (QED) is 0.866. The van der Waals surface area contributed by atoms with Gasteiger partial charge in [-0.3, -0.25) is 9.52 Å². The zero-order valence-corrected chi connectivity index (χ0v) is 15.0. The maximum absolute atomic E-state index is 12.5. The number of thiazole rings is 1. The average molecular weight is 367 g/mol. The summed E-state index contributed by atoms with van der Waals surface area (Å²) in [5.74, 6) is 0.349. The van der Waals surface area contributed by atoms with E-state index in [9.17, 15) is 13.2 Å². The van der Waals surface area contributed by atoms with Crippen LogP contribution in [0.25, 0.3) is 0 Å². The van der Waals surface area contributed by atoms with Gasteiger partial charge in [0.15, 0.2) is 11.2 Å². The molecule has 1 atom stereocenters. The van der Waals surface area contributed by atoms with Crippen molar-refractivity contribution in [3.63, 3.8) is 0 Å². The zero-order chi connectivity index (χ0) is 17.5. The second kappa shape index (κ2) is 6.06. The summed E-state index contributed by atoms with van der Waals surface area (Å²) >= 11 is 1.23. The van der Waals surface area contributed by atoms with E-state index in [1.54, 1.807) is 6.92 Å². The summed E-state index contributed by atoms with van der Waals surface area (Å²) < 4.78 is 32.9. The highest BCUT2D eigenvalue weighted by molar-refractivity contribution is 7.93. The van der Waals surface area contributed by atoms with Crippen molar-refractivity contribution in [2.24, 2.45) is 0 Å². The van der Waals surface area contributed by atoms with Crippen molar-refractivity contribution in [2.45, 2.75) is 37.7 Å². The Bertz CT molecular complexity index is 890. The number of nitrogens with one attached hydrogen (secondary N) is 2. The molecule has 0 aliphatic carbocycles. The summed E-state index contributed by atoms with van der Waals surface area (Å²) in [4.78, 5) is 16.0. The molecule has 7 nitrogen and oxygen atoms in total. The first-order valence-electron chi connectivity index (χ1n) is 7.36. The fourth-order valence-electron chi connectivity index (χ4n) is 2.13. The lowest BCUT2D eigenvalue weighted by Gasteiger charge is -2.23. The Morgan fingerprint density at radius 1 is 1.38 bits per heavy atom. The number of fused-ring (bicyclic) bond motifs is 1. The molecule has 0 fully saturated rings. The summed E-state index contributed by atoms with van der Waals surface area (Å²) in [5.41, 5.74) is 1.17. The van der Waals surface area contributed by atoms with Gasteiger partial charge >= 0.3 is 0 Å². The maximum Gasteiger partial charge on any atom is 0.265 e. The van der Waals surface area contributed by atoms with Gasteiger partial charge in [0.25, 0.3) is 15.9 Å². The number of hydrogen-bond donors (Lipinski definition) is 2. The number of carbonyl (C=O) groups excluding carboxylic acids is 1. The van der Waals surface area contributed by atoms with Crippen LogP contribution in [0.5, 0.6) is 5.75 Å². The SMILES string of the molecule is CC1Oc2ccc(S(=O)(=O)Nc3nc(C(C)C)cs3)cc2NC1=O. The molecule has 1 aromatic heterocycles. The van der Waals surface area contributed by atoms with Crippen LogP contribution in [0.4, 0.5) is 10.8 Å². The van der Waals surface area contributed by atoms with Crippen LogP contribution in [0.15, 0.2) is 28.5 Å². The van der Waals surface area contributed by atoms with Gasteiger partial charge in [0, 0.05) is 5.38 Å². The van der Waals surface area contributed by atoms with Crippen molar-refractivity contribution in [3.05, 3.63) is 29.3 Å².